The van der Waals surface area contributed by atoms with E-state index in [-0.39, 0.29) is 23.3 Å². The molecule has 1 aromatic heterocycles. The van der Waals surface area contributed by atoms with Crippen molar-refractivity contribution >= 4 is 11.6 Å². The third kappa shape index (κ3) is 3.62. The van der Waals surface area contributed by atoms with Crippen LogP contribution in [0.3, 0.4) is 0 Å². The SMILES string of the molecule is C[N+]1(c2ccc(-c3ccc(F)cc3)[nH]2)CCC(C(=O)c2ccc(F)cc2)CC1. The van der Waals surface area contributed by atoms with E-state index >= 15 is 0 Å². The molecule has 2 heterocycles. The third-order valence-electron chi connectivity index (χ3n) is 5.85. The topological polar surface area (TPSA) is 32.9 Å². The number of Topliss-reactive ketones (excluding diaryl/α,β-unsaturated/α-hetero) is 1. The Labute approximate surface area is 163 Å². The summed E-state index contributed by atoms with van der Waals surface area (Å²) in [6, 6.07) is 16.3. The molecule has 3 nitrogen and oxygen atoms in total. The summed E-state index contributed by atoms with van der Waals surface area (Å²) in [7, 11) is 2.17. The van der Waals surface area contributed by atoms with Crippen LogP contribution in [-0.2, 0) is 0 Å². The standard InChI is InChI=1S/C23H23F2N2O/c1-27(22-11-10-21(26-22)16-2-6-19(24)7-3-16)14-12-18(13-15-27)23(28)17-4-8-20(25)9-5-17/h2-11,18,26H,12-15H2,1H3/q+1. The number of carbonyl (C=O) groups is 1. The molecule has 0 spiro atoms. The fourth-order valence-electron chi connectivity index (χ4n) is 3.99. The van der Waals surface area contributed by atoms with Gasteiger partial charge in [-0.25, -0.2) is 8.78 Å². The number of rotatable bonds is 4. The van der Waals surface area contributed by atoms with Crippen molar-refractivity contribution < 1.29 is 13.6 Å². The molecule has 3 aromatic rings. The molecule has 1 N–H and O–H groups in total. The molecular weight excluding hydrogens is 358 g/mol. The summed E-state index contributed by atoms with van der Waals surface area (Å²) in [6.45, 7) is 1.70. The van der Waals surface area contributed by atoms with Gasteiger partial charge in [0.1, 0.15) is 11.6 Å². The van der Waals surface area contributed by atoms with E-state index < -0.39 is 0 Å². The molecule has 0 amide bonds. The van der Waals surface area contributed by atoms with Gasteiger partial charge in [0.2, 0.25) is 5.82 Å². The van der Waals surface area contributed by atoms with Crippen LogP contribution in [0.1, 0.15) is 23.2 Å². The minimum absolute atomic E-state index is 0.0248. The zero-order valence-corrected chi connectivity index (χ0v) is 15.8. The maximum atomic E-state index is 13.1. The van der Waals surface area contributed by atoms with Crippen LogP contribution in [0.4, 0.5) is 14.6 Å². The van der Waals surface area contributed by atoms with Crippen LogP contribution in [0.25, 0.3) is 11.3 Å². The number of H-pyrrole nitrogens is 1. The van der Waals surface area contributed by atoms with Crippen LogP contribution in [0.15, 0.2) is 60.7 Å². The van der Waals surface area contributed by atoms with E-state index in [0.29, 0.717) is 5.56 Å². The lowest BCUT2D eigenvalue weighted by molar-refractivity contribution is 0.0857. The second kappa shape index (κ2) is 7.32. The number of nitrogens with zero attached hydrogens (tertiary/aromatic N) is 1. The largest absolute Gasteiger partial charge is 0.311 e. The highest BCUT2D eigenvalue weighted by Crippen LogP contribution is 2.32. The molecule has 2 aromatic carbocycles. The maximum Gasteiger partial charge on any atom is 0.205 e. The number of aromatic nitrogens is 1. The van der Waals surface area contributed by atoms with E-state index in [4.69, 9.17) is 0 Å². The molecule has 0 radical (unpaired) electrons. The summed E-state index contributed by atoms with van der Waals surface area (Å²) >= 11 is 0. The lowest BCUT2D eigenvalue weighted by Crippen LogP contribution is -2.52. The molecule has 1 aliphatic heterocycles. The average Bonchev–Trinajstić information content (AvgIpc) is 3.20. The summed E-state index contributed by atoms with van der Waals surface area (Å²) < 4.78 is 27.0. The van der Waals surface area contributed by atoms with Crippen molar-refractivity contribution in [1.82, 2.24) is 9.47 Å². The number of ketones is 1. The highest BCUT2D eigenvalue weighted by atomic mass is 19.1. The Kier molecular flexibility index (Phi) is 4.85. The van der Waals surface area contributed by atoms with Gasteiger partial charge in [-0.1, -0.05) is 0 Å². The molecule has 0 bridgehead atoms. The van der Waals surface area contributed by atoms with Gasteiger partial charge < -0.3 is 4.98 Å². The Morgan fingerprint density at radius 2 is 1.46 bits per heavy atom. The van der Waals surface area contributed by atoms with Gasteiger partial charge in [-0.05, 0) is 60.2 Å². The van der Waals surface area contributed by atoms with Crippen molar-refractivity contribution in [2.24, 2.45) is 5.92 Å². The lowest BCUT2D eigenvalue weighted by Gasteiger charge is -2.38. The van der Waals surface area contributed by atoms with Gasteiger partial charge in [-0.2, -0.15) is 0 Å². The number of hydrogen-bond donors (Lipinski definition) is 1. The first-order valence-corrected chi connectivity index (χ1v) is 9.54. The average molecular weight is 381 g/mol. The van der Waals surface area contributed by atoms with Crippen molar-refractivity contribution in [3.8, 4) is 11.3 Å². The maximum absolute atomic E-state index is 13.1. The third-order valence-corrected chi connectivity index (χ3v) is 5.85. The second-order valence-electron chi connectivity index (χ2n) is 7.75. The normalized spacial score (nSPS) is 22.2. The van der Waals surface area contributed by atoms with Crippen molar-refractivity contribution in [2.75, 3.05) is 20.1 Å². The van der Waals surface area contributed by atoms with Crippen LogP contribution in [-0.4, -0.2) is 30.9 Å². The summed E-state index contributed by atoms with van der Waals surface area (Å²) in [5.74, 6) is 0.593. The number of carbonyl (C=O) groups excluding carboxylic acids is 1. The van der Waals surface area contributed by atoms with Crippen LogP contribution in [0.2, 0.25) is 0 Å². The molecule has 0 unspecified atom stereocenters. The summed E-state index contributed by atoms with van der Waals surface area (Å²) in [6.07, 6.45) is 1.58. The van der Waals surface area contributed by atoms with E-state index in [0.717, 1.165) is 47.5 Å². The number of aromatic amines is 1. The Morgan fingerprint density at radius 3 is 2.07 bits per heavy atom. The Hall–Kier alpha value is -2.79. The fraction of sp³-hybridized carbons (Fsp3) is 0.261. The molecule has 1 aliphatic rings. The second-order valence-corrected chi connectivity index (χ2v) is 7.75. The van der Waals surface area contributed by atoms with Gasteiger partial charge in [-0.15, -0.1) is 0 Å². The number of nitrogens with one attached hydrogen (secondary N) is 1. The highest BCUT2D eigenvalue weighted by Gasteiger charge is 2.36. The van der Waals surface area contributed by atoms with Gasteiger partial charge in [-0.3, -0.25) is 9.28 Å². The van der Waals surface area contributed by atoms with E-state index in [2.05, 4.69) is 18.1 Å². The van der Waals surface area contributed by atoms with Crippen molar-refractivity contribution in [3.63, 3.8) is 0 Å². The Bertz CT molecular complexity index is 969. The summed E-state index contributed by atoms with van der Waals surface area (Å²) in [5, 5.41) is 0. The van der Waals surface area contributed by atoms with Gasteiger partial charge in [0.15, 0.2) is 5.78 Å². The zero-order valence-electron chi connectivity index (χ0n) is 15.8. The van der Waals surface area contributed by atoms with Gasteiger partial charge in [0, 0.05) is 30.4 Å². The smallest absolute Gasteiger partial charge is 0.205 e. The van der Waals surface area contributed by atoms with Gasteiger partial charge in [0.05, 0.1) is 25.8 Å². The predicted molar refractivity (Wildman–Crippen MR) is 107 cm³/mol. The summed E-state index contributed by atoms with van der Waals surface area (Å²) in [5.41, 5.74) is 2.49. The Morgan fingerprint density at radius 1 is 0.893 bits per heavy atom. The van der Waals surface area contributed by atoms with E-state index in [1.807, 2.05) is 6.07 Å². The molecule has 5 heteroatoms. The summed E-state index contributed by atoms with van der Waals surface area (Å²) in [4.78, 5) is 16.2. The molecule has 1 saturated heterocycles. The van der Waals surface area contributed by atoms with Gasteiger partial charge in [0.25, 0.3) is 0 Å². The van der Waals surface area contributed by atoms with E-state index in [1.165, 1.54) is 24.3 Å². The first-order chi connectivity index (χ1) is 13.4. The predicted octanol–water partition coefficient (Wildman–Crippen LogP) is 5.19. The van der Waals surface area contributed by atoms with Crippen LogP contribution in [0.5, 0.6) is 0 Å². The minimum Gasteiger partial charge on any atom is -0.311 e. The van der Waals surface area contributed by atoms with Crippen LogP contribution in [0, 0.1) is 17.6 Å². The minimum atomic E-state index is -0.326. The first kappa shape index (κ1) is 18.6. The molecule has 144 valence electrons. The molecule has 0 atom stereocenters. The molecule has 28 heavy (non-hydrogen) atoms. The number of likely N-dealkylation sites (tertiary alicyclic amines) is 1. The van der Waals surface area contributed by atoms with Crippen molar-refractivity contribution in [2.45, 2.75) is 12.8 Å². The zero-order chi connectivity index (χ0) is 19.7. The number of halogens is 2. The number of benzene rings is 2. The van der Waals surface area contributed by atoms with Crippen LogP contribution < -0.4 is 4.48 Å². The molecule has 4 rings (SSSR count). The van der Waals surface area contributed by atoms with Crippen LogP contribution >= 0.6 is 0 Å². The molecule has 1 fully saturated rings. The lowest BCUT2D eigenvalue weighted by atomic mass is 9.88. The number of piperidine rings is 1. The van der Waals surface area contributed by atoms with E-state index in [1.54, 1.807) is 24.3 Å². The number of quaternary nitrogens is 1. The fourth-order valence-corrected chi connectivity index (χ4v) is 3.99. The monoisotopic (exact) mass is 381 g/mol. The van der Waals surface area contributed by atoms with Gasteiger partial charge >= 0.3 is 0 Å². The highest BCUT2D eigenvalue weighted by molar-refractivity contribution is 5.97. The van der Waals surface area contributed by atoms with E-state index in [9.17, 15) is 13.6 Å². The number of hydrogen-bond acceptors (Lipinski definition) is 1. The van der Waals surface area contributed by atoms with Crippen molar-refractivity contribution in [1.29, 1.82) is 0 Å². The van der Waals surface area contributed by atoms with Crippen molar-refractivity contribution in [3.05, 3.63) is 77.9 Å². The molecule has 0 aliphatic carbocycles. The quantitative estimate of drug-likeness (QED) is 0.490. The first-order valence-electron chi connectivity index (χ1n) is 9.54. The Balaban J connectivity index is 1.45. The molecular formula is C23H23F2N2O+. The molecule has 0 saturated carbocycles.